The Labute approximate surface area is 165 Å². The lowest BCUT2D eigenvalue weighted by Gasteiger charge is -2.31. The maximum absolute atomic E-state index is 5.79. The quantitative estimate of drug-likeness (QED) is 0.632. The monoisotopic (exact) mass is 373 g/mol. The fourth-order valence-corrected chi connectivity index (χ4v) is 4.89. The Morgan fingerprint density at radius 1 is 1.00 bits per heavy atom. The molecule has 1 saturated heterocycles. The summed E-state index contributed by atoms with van der Waals surface area (Å²) in [6.45, 7) is 2.35. The molecule has 1 aromatic rings. The van der Waals surface area contributed by atoms with Crippen molar-refractivity contribution in [1.29, 1.82) is 0 Å². The average Bonchev–Trinajstić information content (AvgIpc) is 2.78. The van der Waals surface area contributed by atoms with Crippen molar-refractivity contribution in [2.45, 2.75) is 69.1 Å². The van der Waals surface area contributed by atoms with E-state index in [1.165, 1.54) is 82.9 Å². The normalized spacial score (nSPS) is 21.0. The lowest BCUT2D eigenvalue weighted by Crippen LogP contribution is -2.27. The molecule has 1 aliphatic carbocycles. The molecule has 2 aliphatic rings. The van der Waals surface area contributed by atoms with Crippen LogP contribution in [0.25, 0.3) is 5.57 Å². The number of benzene rings is 1. The molecule has 0 aromatic heterocycles. The van der Waals surface area contributed by atoms with Gasteiger partial charge in [-0.25, -0.2) is 0 Å². The zero-order valence-electron chi connectivity index (χ0n) is 16.6. The first kappa shape index (κ1) is 19.8. The third kappa shape index (κ3) is 5.07. The van der Waals surface area contributed by atoms with E-state index >= 15 is 0 Å². The minimum absolute atomic E-state index is 0.676. The van der Waals surface area contributed by atoms with Gasteiger partial charge in [-0.1, -0.05) is 44.1 Å². The third-order valence-corrected chi connectivity index (χ3v) is 6.49. The molecule has 144 valence electrons. The zero-order valence-corrected chi connectivity index (χ0v) is 17.5. The molecule has 0 bridgehead atoms. The number of methoxy groups -OCH3 is 1. The molecule has 1 saturated carbocycles. The zero-order chi connectivity index (χ0) is 18.4. The summed E-state index contributed by atoms with van der Waals surface area (Å²) in [5.41, 5.74) is 4.58. The summed E-state index contributed by atoms with van der Waals surface area (Å²) in [6.07, 6.45) is 13.4. The number of allylic oxidation sites excluding steroid dienone is 1. The number of rotatable bonds is 3. The Hall–Kier alpha value is -0.930. The Morgan fingerprint density at radius 2 is 1.62 bits per heavy atom. The molecule has 2 fully saturated rings. The van der Waals surface area contributed by atoms with Crippen molar-refractivity contribution in [3.63, 3.8) is 0 Å². The summed E-state index contributed by atoms with van der Waals surface area (Å²) < 4.78 is 5.79. The van der Waals surface area contributed by atoms with Crippen molar-refractivity contribution in [2.75, 3.05) is 27.2 Å². The molecule has 1 aromatic carbocycles. The smallest absolute Gasteiger partial charge is 0.126 e. The second-order valence-corrected chi connectivity index (χ2v) is 8.62. The maximum Gasteiger partial charge on any atom is 0.126 e. The second kappa shape index (κ2) is 9.85. The van der Waals surface area contributed by atoms with Gasteiger partial charge in [0.05, 0.1) is 7.11 Å². The van der Waals surface area contributed by atoms with Crippen LogP contribution in [0, 0.1) is 5.92 Å². The summed E-state index contributed by atoms with van der Waals surface area (Å²) in [5, 5.41) is 0. The Morgan fingerprint density at radius 3 is 2.23 bits per heavy atom. The fourth-order valence-electron chi connectivity index (χ4n) is 4.68. The van der Waals surface area contributed by atoms with E-state index in [-0.39, 0.29) is 0 Å². The first-order valence-electron chi connectivity index (χ1n) is 10.5. The predicted molar refractivity (Wildman–Crippen MR) is 114 cm³/mol. The Bertz CT molecular complexity index is 605. The van der Waals surface area contributed by atoms with Crippen molar-refractivity contribution in [3.05, 3.63) is 29.3 Å². The van der Waals surface area contributed by atoms with Crippen LogP contribution in [0.5, 0.6) is 5.75 Å². The molecule has 0 amide bonds. The summed E-state index contributed by atoms with van der Waals surface area (Å²) in [4.78, 5) is 3.49. The molecule has 0 unspecified atom stereocenters. The van der Waals surface area contributed by atoms with E-state index in [9.17, 15) is 0 Å². The van der Waals surface area contributed by atoms with Crippen LogP contribution in [0.15, 0.2) is 28.7 Å². The molecule has 26 heavy (non-hydrogen) atoms. The van der Waals surface area contributed by atoms with Gasteiger partial charge in [-0.15, -0.1) is 12.6 Å². The molecule has 1 heterocycles. The van der Waals surface area contributed by atoms with Gasteiger partial charge in [-0.05, 0) is 62.4 Å². The highest BCUT2D eigenvalue weighted by atomic mass is 32.1. The topological polar surface area (TPSA) is 12.5 Å². The number of piperidine rings is 1. The van der Waals surface area contributed by atoms with Crippen molar-refractivity contribution < 1.29 is 4.74 Å². The van der Waals surface area contributed by atoms with Crippen molar-refractivity contribution in [1.82, 2.24) is 4.90 Å². The van der Waals surface area contributed by atoms with Crippen LogP contribution >= 0.6 is 12.6 Å². The van der Waals surface area contributed by atoms with Crippen molar-refractivity contribution in [2.24, 2.45) is 5.92 Å². The fraction of sp³-hybridized carbons (Fsp3) is 0.652. The van der Waals surface area contributed by atoms with E-state index in [0.29, 0.717) is 5.92 Å². The molecule has 3 heteroatoms. The molecular weight excluding hydrogens is 338 g/mol. The summed E-state index contributed by atoms with van der Waals surface area (Å²) in [7, 11) is 4.04. The average molecular weight is 374 g/mol. The highest BCUT2D eigenvalue weighted by molar-refractivity contribution is 7.80. The van der Waals surface area contributed by atoms with Crippen LogP contribution in [0.3, 0.4) is 0 Å². The number of hydrogen-bond acceptors (Lipinski definition) is 3. The molecule has 1 aliphatic heterocycles. The second-order valence-electron chi connectivity index (χ2n) is 8.10. The number of hydrogen-bond donors (Lipinski definition) is 1. The van der Waals surface area contributed by atoms with Crippen LogP contribution in [-0.2, 0) is 0 Å². The molecular formula is C23H35NOS. The molecule has 0 atom stereocenters. The SMILES string of the molecule is COc1ccc(S)cc1C(=C1CCN(C)CC1)C1CCCCCCCC1. The number of thiol groups is 1. The minimum Gasteiger partial charge on any atom is -0.496 e. The number of ether oxygens (including phenoxy) is 1. The first-order chi connectivity index (χ1) is 12.7. The van der Waals surface area contributed by atoms with Crippen molar-refractivity contribution >= 4 is 18.2 Å². The van der Waals surface area contributed by atoms with E-state index < -0.39 is 0 Å². The van der Waals surface area contributed by atoms with Gasteiger partial charge in [-0.2, -0.15) is 0 Å². The van der Waals surface area contributed by atoms with Crippen LogP contribution in [0.1, 0.15) is 69.8 Å². The van der Waals surface area contributed by atoms with Gasteiger partial charge in [0.2, 0.25) is 0 Å². The molecule has 2 nitrogen and oxygen atoms in total. The van der Waals surface area contributed by atoms with Crippen LogP contribution < -0.4 is 4.74 Å². The summed E-state index contributed by atoms with van der Waals surface area (Å²) in [5.74, 6) is 1.69. The van der Waals surface area contributed by atoms with Gasteiger partial charge >= 0.3 is 0 Å². The van der Waals surface area contributed by atoms with Crippen LogP contribution in [0.4, 0.5) is 0 Å². The first-order valence-corrected chi connectivity index (χ1v) is 10.9. The van der Waals surface area contributed by atoms with Gasteiger partial charge in [0, 0.05) is 23.5 Å². The lowest BCUT2D eigenvalue weighted by atomic mass is 9.80. The minimum atomic E-state index is 0.676. The largest absolute Gasteiger partial charge is 0.496 e. The molecule has 0 radical (unpaired) electrons. The van der Waals surface area contributed by atoms with Gasteiger partial charge in [0.15, 0.2) is 0 Å². The van der Waals surface area contributed by atoms with Crippen LogP contribution in [-0.4, -0.2) is 32.1 Å². The molecule has 3 rings (SSSR count). The predicted octanol–water partition coefficient (Wildman–Crippen LogP) is 6.21. The van der Waals surface area contributed by atoms with Gasteiger partial charge < -0.3 is 9.64 Å². The van der Waals surface area contributed by atoms with E-state index in [4.69, 9.17) is 4.74 Å². The highest BCUT2D eigenvalue weighted by Crippen LogP contribution is 2.42. The Balaban J connectivity index is 2.01. The summed E-state index contributed by atoms with van der Waals surface area (Å²) >= 11 is 4.65. The molecule has 0 N–H and O–H groups in total. The van der Waals surface area contributed by atoms with E-state index in [0.717, 1.165) is 10.6 Å². The van der Waals surface area contributed by atoms with Gasteiger partial charge in [-0.3, -0.25) is 0 Å². The lowest BCUT2D eigenvalue weighted by molar-refractivity contribution is 0.311. The van der Waals surface area contributed by atoms with E-state index in [1.54, 1.807) is 18.3 Å². The summed E-state index contributed by atoms with van der Waals surface area (Å²) in [6, 6.07) is 6.39. The maximum atomic E-state index is 5.79. The van der Waals surface area contributed by atoms with E-state index in [2.05, 4.69) is 36.7 Å². The number of nitrogens with zero attached hydrogens (tertiary/aromatic N) is 1. The standard InChI is InChI=1S/C23H35NOS/c1-24-15-13-19(14-16-24)23(18-9-7-5-3-4-6-8-10-18)21-17-20(26)11-12-22(21)25-2/h11-12,17-18,26H,3-10,13-16H2,1-2H3. The third-order valence-electron chi connectivity index (χ3n) is 6.21. The van der Waals surface area contributed by atoms with E-state index in [1.807, 2.05) is 6.07 Å². The highest BCUT2D eigenvalue weighted by Gasteiger charge is 2.25. The Kier molecular flexibility index (Phi) is 7.51. The van der Waals surface area contributed by atoms with Crippen LogP contribution in [0.2, 0.25) is 0 Å². The van der Waals surface area contributed by atoms with Gasteiger partial charge in [0.25, 0.3) is 0 Å². The van der Waals surface area contributed by atoms with Crippen molar-refractivity contribution in [3.8, 4) is 5.75 Å². The van der Waals surface area contributed by atoms with Gasteiger partial charge in [0.1, 0.15) is 5.75 Å². The number of likely N-dealkylation sites (tertiary alicyclic amines) is 1. The molecule has 0 spiro atoms.